The van der Waals surface area contributed by atoms with Crippen LogP contribution in [-0.2, 0) is 24.7 Å². The third-order valence-electron chi connectivity index (χ3n) is 3.90. The number of hydrogen-bond acceptors (Lipinski definition) is 5. The van der Waals surface area contributed by atoms with Crippen molar-refractivity contribution in [1.82, 2.24) is 0 Å². The van der Waals surface area contributed by atoms with E-state index in [1.165, 1.54) is 71.1 Å². The molecule has 0 saturated heterocycles. The first-order valence-electron chi connectivity index (χ1n) is 10.2. The first-order chi connectivity index (χ1) is 13.2. The Labute approximate surface area is 198 Å². The number of unbranched alkanes of at least 4 members (excludes halogenated alkanes) is 11. The van der Waals surface area contributed by atoms with E-state index >= 15 is 0 Å². The number of esters is 2. The van der Waals surface area contributed by atoms with Gasteiger partial charge in [0.15, 0.2) is 0 Å². The van der Waals surface area contributed by atoms with Crippen molar-refractivity contribution < 1.29 is 31.8 Å². The van der Waals surface area contributed by atoms with Crippen LogP contribution in [0.5, 0.6) is 0 Å². The molecule has 0 aliphatic heterocycles. The topological polar surface area (TPSA) is 118 Å². The summed E-state index contributed by atoms with van der Waals surface area (Å²) in [4.78, 5) is 21.7. The molecule has 9 heteroatoms. The normalized spacial score (nSPS) is 10.8. The molecule has 168 valence electrons. The van der Waals surface area contributed by atoms with Gasteiger partial charge in [-0.3, -0.25) is 18.7 Å². The summed E-state index contributed by atoms with van der Waals surface area (Å²) in [6, 6.07) is 0. The van der Waals surface area contributed by atoms with Crippen LogP contribution in [-0.4, -0.2) is 59.0 Å². The summed E-state index contributed by atoms with van der Waals surface area (Å²) in [6.07, 6.45) is 21.0. The molecule has 0 fully saturated rings. The van der Waals surface area contributed by atoms with Crippen LogP contribution < -0.4 is 0 Å². The molecule has 29 heavy (non-hydrogen) atoms. The molecular formula is C20H39NaO7S. The quantitative estimate of drug-likeness (QED) is 0.0925. The van der Waals surface area contributed by atoms with Gasteiger partial charge in [-0.25, -0.2) is 0 Å². The zero-order valence-electron chi connectivity index (χ0n) is 17.4. The molecule has 0 amide bonds. The third kappa shape index (κ3) is 42.7. The van der Waals surface area contributed by atoms with Crippen molar-refractivity contribution in [2.24, 2.45) is 0 Å². The van der Waals surface area contributed by atoms with E-state index in [-0.39, 0.29) is 29.6 Å². The molecule has 0 aromatic heterocycles. The fourth-order valence-electron chi connectivity index (χ4n) is 2.55. The van der Waals surface area contributed by atoms with E-state index in [4.69, 9.17) is 17.5 Å². The second kappa shape index (κ2) is 24.0. The van der Waals surface area contributed by atoms with Crippen LogP contribution in [0.2, 0.25) is 0 Å². The van der Waals surface area contributed by atoms with E-state index in [0.29, 0.717) is 6.42 Å². The Hall–Kier alpha value is -0.250. The van der Waals surface area contributed by atoms with Gasteiger partial charge in [0.05, 0.1) is 0 Å². The summed E-state index contributed by atoms with van der Waals surface area (Å²) in [6.45, 7) is 3.52. The number of carbonyl (C=O) groups is 2. The summed E-state index contributed by atoms with van der Waals surface area (Å²) >= 11 is 0. The minimum atomic E-state index is -4.67. The standard InChI is InChI=1S/C20H36O3.Na.H2O4S.H/c1-3-4-5-6-7-8-9-10-11-12-13-14-15-16-17-18-20(22)23-19(2)21;;1-5(2,3)4;/h10-11H,3-9,12-18H2,1-2H3;;(H2,1,2,3,4);/b11-10-;;;. The fraction of sp³-hybridized carbons (Fsp3) is 0.800. The molecule has 0 aromatic rings. The molecule has 0 saturated carbocycles. The maximum absolute atomic E-state index is 11.1. The Morgan fingerprint density at radius 3 is 1.59 bits per heavy atom. The number of rotatable bonds is 15. The predicted molar refractivity (Wildman–Crippen MR) is 118 cm³/mol. The van der Waals surface area contributed by atoms with Crippen molar-refractivity contribution in [3.05, 3.63) is 12.2 Å². The van der Waals surface area contributed by atoms with Gasteiger partial charge in [-0.15, -0.1) is 0 Å². The van der Waals surface area contributed by atoms with Crippen molar-refractivity contribution >= 4 is 51.9 Å². The molecule has 0 aliphatic rings. The molecule has 0 aliphatic carbocycles. The Kier molecular flexibility index (Phi) is 27.7. The van der Waals surface area contributed by atoms with Crippen molar-refractivity contribution in [1.29, 1.82) is 0 Å². The van der Waals surface area contributed by atoms with E-state index < -0.39 is 22.3 Å². The average Bonchev–Trinajstić information content (AvgIpc) is 2.56. The van der Waals surface area contributed by atoms with Crippen molar-refractivity contribution in [3.8, 4) is 0 Å². The van der Waals surface area contributed by atoms with Gasteiger partial charge in [-0.05, 0) is 32.1 Å². The summed E-state index contributed by atoms with van der Waals surface area (Å²) in [5.74, 6) is -0.905. The molecule has 0 spiro atoms. The summed E-state index contributed by atoms with van der Waals surface area (Å²) in [7, 11) is -4.67. The molecule has 0 bridgehead atoms. The van der Waals surface area contributed by atoms with E-state index in [2.05, 4.69) is 23.8 Å². The summed E-state index contributed by atoms with van der Waals surface area (Å²) < 4.78 is 36.1. The van der Waals surface area contributed by atoms with E-state index in [9.17, 15) is 9.59 Å². The van der Waals surface area contributed by atoms with Gasteiger partial charge in [0, 0.05) is 13.3 Å². The van der Waals surface area contributed by atoms with Crippen LogP contribution in [0.4, 0.5) is 0 Å². The second-order valence-corrected chi connectivity index (χ2v) is 7.64. The first kappa shape index (κ1) is 33.4. The predicted octanol–water partition coefficient (Wildman–Crippen LogP) is 4.81. The number of allylic oxidation sites excluding steroid dienone is 2. The van der Waals surface area contributed by atoms with Crippen LogP contribution in [0.1, 0.15) is 104 Å². The van der Waals surface area contributed by atoms with Gasteiger partial charge in [0.1, 0.15) is 0 Å². The number of hydrogen-bond donors (Lipinski definition) is 2. The van der Waals surface area contributed by atoms with Gasteiger partial charge in [0.2, 0.25) is 0 Å². The van der Waals surface area contributed by atoms with Gasteiger partial charge < -0.3 is 4.74 Å². The number of ether oxygens (including phenoxy) is 1. The second-order valence-electron chi connectivity index (χ2n) is 6.75. The van der Waals surface area contributed by atoms with Crippen LogP contribution in [0.25, 0.3) is 0 Å². The zero-order valence-corrected chi connectivity index (χ0v) is 18.2. The third-order valence-corrected chi connectivity index (χ3v) is 3.90. The van der Waals surface area contributed by atoms with Crippen LogP contribution in [0.3, 0.4) is 0 Å². The Morgan fingerprint density at radius 2 is 1.17 bits per heavy atom. The molecule has 2 N–H and O–H groups in total. The average molecular weight is 447 g/mol. The van der Waals surface area contributed by atoms with Gasteiger partial charge in [-0.1, -0.05) is 70.4 Å². The van der Waals surface area contributed by atoms with Gasteiger partial charge in [-0.2, -0.15) is 8.42 Å². The zero-order chi connectivity index (χ0) is 21.7. The number of carbonyl (C=O) groups excluding carboxylic acids is 2. The molecule has 7 nitrogen and oxygen atoms in total. The molecule has 0 radical (unpaired) electrons. The molecule has 0 aromatic carbocycles. The van der Waals surface area contributed by atoms with E-state index in [0.717, 1.165) is 19.3 Å². The van der Waals surface area contributed by atoms with Crippen LogP contribution in [0, 0.1) is 0 Å². The molecule has 0 unspecified atom stereocenters. The minimum absolute atomic E-state index is 0. The van der Waals surface area contributed by atoms with Gasteiger partial charge in [0.25, 0.3) is 0 Å². The Balaban J connectivity index is -0.000000997. The van der Waals surface area contributed by atoms with Crippen LogP contribution >= 0.6 is 0 Å². The molecular weight excluding hydrogens is 407 g/mol. The van der Waals surface area contributed by atoms with E-state index in [1.54, 1.807) is 0 Å². The van der Waals surface area contributed by atoms with Crippen LogP contribution in [0.15, 0.2) is 12.2 Å². The Bertz CT molecular complexity index is 511. The first-order valence-corrected chi connectivity index (χ1v) is 11.6. The molecule has 0 heterocycles. The molecule has 0 rings (SSSR count). The Morgan fingerprint density at radius 1 is 0.793 bits per heavy atom. The summed E-state index contributed by atoms with van der Waals surface area (Å²) in [5, 5.41) is 0. The van der Waals surface area contributed by atoms with Gasteiger partial charge >= 0.3 is 51.9 Å². The maximum atomic E-state index is 11.1. The SMILES string of the molecule is CCCCCCCC/C=C\CCCCCCCC(=O)OC(C)=O.O=S(=O)(O)O.[NaH]. The van der Waals surface area contributed by atoms with Crippen molar-refractivity contribution in [3.63, 3.8) is 0 Å². The van der Waals surface area contributed by atoms with E-state index in [1.807, 2.05) is 0 Å². The van der Waals surface area contributed by atoms with Crippen molar-refractivity contribution in [2.45, 2.75) is 104 Å². The summed E-state index contributed by atoms with van der Waals surface area (Å²) in [5.41, 5.74) is 0. The fourth-order valence-corrected chi connectivity index (χ4v) is 2.55. The molecule has 0 atom stereocenters. The van der Waals surface area contributed by atoms with Crippen molar-refractivity contribution in [2.75, 3.05) is 0 Å². The monoisotopic (exact) mass is 446 g/mol.